The second-order valence-electron chi connectivity index (χ2n) is 9.70. The molecular weight excluding hydrogens is 390 g/mol. The maximum atomic E-state index is 14.0. The number of aryl methyl sites for hydroxylation is 3. The van der Waals surface area contributed by atoms with Crippen LogP contribution >= 0.6 is 0 Å². The van der Waals surface area contributed by atoms with Gasteiger partial charge in [-0.2, -0.15) is 0 Å². The van der Waals surface area contributed by atoms with Crippen molar-refractivity contribution in [3.8, 4) is 0 Å². The number of carbonyl (C=O) groups is 3. The Morgan fingerprint density at radius 1 is 0.968 bits per heavy atom. The first kappa shape index (κ1) is 18.8. The number of anilines is 2. The zero-order chi connectivity index (χ0) is 21.7. The lowest BCUT2D eigenvalue weighted by Gasteiger charge is -2.33. The van der Waals surface area contributed by atoms with Crippen LogP contribution in [0.3, 0.4) is 0 Å². The highest BCUT2D eigenvalue weighted by Gasteiger charge is 2.78. The van der Waals surface area contributed by atoms with Gasteiger partial charge >= 0.3 is 0 Å². The number of carbonyl (C=O) groups excluding carboxylic acids is 3. The van der Waals surface area contributed by atoms with Crippen LogP contribution < -0.4 is 15.1 Å². The Kier molecular flexibility index (Phi) is 3.65. The van der Waals surface area contributed by atoms with Crippen LogP contribution in [0.4, 0.5) is 11.4 Å². The molecule has 2 aromatic rings. The molecule has 2 aromatic carbocycles. The third kappa shape index (κ3) is 2.18. The molecule has 2 N–H and O–H groups in total. The molecule has 3 amide bonds. The Hall–Kier alpha value is -2.99. The molecule has 5 atom stereocenters. The fourth-order valence-electron chi connectivity index (χ4n) is 6.91. The van der Waals surface area contributed by atoms with Gasteiger partial charge in [-0.25, -0.2) is 4.90 Å². The Labute approximate surface area is 181 Å². The second kappa shape index (κ2) is 6.04. The van der Waals surface area contributed by atoms with Crippen molar-refractivity contribution in [2.45, 2.75) is 45.2 Å². The first-order chi connectivity index (χ1) is 14.8. The smallest absolute Gasteiger partial charge is 0.291 e. The van der Waals surface area contributed by atoms with Crippen molar-refractivity contribution < 1.29 is 19.3 Å². The van der Waals surface area contributed by atoms with E-state index < -0.39 is 17.4 Å². The van der Waals surface area contributed by atoms with Gasteiger partial charge in [0, 0.05) is 18.4 Å². The molecule has 4 aliphatic rings. The molecule has 31 heavy (non-hydrogen) atoms. The minimum Gasteiger partial charge on any atom is -0.320 e. The maximum absolute atomic E-state index is 14.0. The molecule has 0 saturated carbocycles. The van der Waals surface area contributed by atoms with E-state index in [2.05, 4.69) is 5.32 Å². The van der Waals surface area contributed by atoms with Gasteiger partial charge in [0.05, 0.1) is 17.9 Å². The summed E-state index contributed by atoms with van der Waals surface area (Å²) in [4.78, 5) is 43.8. The standard InChI is InChI=1S/C25H25N3O3/c1-13-6-7-18-17(12-13)25(24(31)26-18)21-20(19-5-4-8-27(19)25)22(29)28(23(21)30)16-10-14(2)9-15(3)11-16/h6-7,9-12,19-21H,4-5,8H2,1-3H3,(H,26,31)/p+1/t19-,20+,21-,25+/m0/s1. The molecule has 0 aliphatic carbocycles. The van der Waals surface area contributed by atoms with Gasteiger partial charge in [0.2, 0.25) is 17.4 Å². The summed E-state index contributed by atoms with van der Waals surface area (Å²) in [6.45, 7) is 6.75. The van der Waals surface area contributed by atoms with Crippen molar-refractivity contribution in [1.29, 1.82) is 0 Å². The minimum atomic E-state index is -1.02. The molecule has 4 aliphatic heterocycles. The molecule has 1 spiro atoms. The zero-order valence-electron chi connectivity index (χ0n) is 18.0. The summed E-state index contributed by atoms with van der Waals surface area (Å²) < 4.78 is 0. The summed E-state index contributed by atoms with van der Waals surface area (Å²) in [6.07, 6.45) is 1.83. The predicted octanol–water partition coefficient (Wildman–Crippen LogP) is 1.63. The molecule has 1 unspecified atom stereocenters. The number of hydrogen-bond acceptors (Lipinski definition) is 3. The van der Waals surface area contributed by atoms with Crippen LogP contribution in [0.15, 0.2) is 36.4 Å². The van der Waals surface area contributed by atoms with E-state index in [0.717, 1.165) is 52.2 Å². The van der Waals surface area contributed by atoms with Gasteiger partial charge in [0.25, 0.3) is 5.91 Å². The number of fused-ring (bicyclic) bond motifs is 7. The van der Waals surface area contributed by atoms with Gasteiger partial charge in [-0.05, 0) is 56.2 Å². The highest BCUT2D eigenvalue weighted by atomic mass is 16.2. The normalized spacial score (nSPS) is 33.1. The summed E-state index contributed by atoms with van der Waals surface area (Å²) in [7, 11) is 0. The monoisotopic (exact) mass is 416 g/mol. The largest absolute Gasteiger partial charge is 0.320 e. The van der Waals surface area contributed by atoms with Crippen molar-refractivity contribution >= 4 is 29.1 Å². The number of imide groups is 1. The molecule has 6 rings (SSSR count). The van der Waals surface area contributed by atoms with E-state index in [1.807, 2.05) is 57.2 Å². The molecule has 3 saturated heterocycles. The van der Waals surface area contributed by atoms with E-state index in [9.17, 15) is 14.4 Å². The SMILES string of the molecule is Cc1cc(C)cc(N2C(=O)[C@H]3[C@@H](C2=O)[C@]2(C(=O)Nc4ccc(C)cc42)[NH+]2CCC[C@@H]32)c1. The Morgan fingerprint density at radius 2 is 1.71 bits per heavy atom. The van der Waals surface area contributed by atoms with Crippen molar-refractivity contribution in [3.63, 3.8) is 0 Å². The van der Waals surface area contributed by atoms with Gasteiger partial charge in [0.15, 0.2) is 0 Å². The topological polar surface area (TPSA) is 70.9 Å². The van der Waals surface area contributed by atoms with Crippen molar-refractivity contribution in [2.24, 2.45) is 11.8 Å². The predicted molar refractivity (Wildman–Crippen MR) is 116 cm³/mol. The summed E-state index contributed by atoms with van der Waals surface area (Å²) in [6, 6.07) is 11.8. The number of benzene rings is 2. The Balaban J connectivity index is 1.57. The van der Waals surface area contributed by atoms with Crippen LogP contribution in [0.2, 0.25) is 0 Å². The number of hydrogen-bond donors (Lipinski definition) is 2. The molecule has 0 radical (unpaired) electrons. The lowest BCUT2D eigenvalue weighted by atomic mass is 9.75. The Bertz CT molecular complexity index is 1170. The highest BCUT2D eigenvalue weighted by molar-refractivity contribution is 6.25. The van der Waals surface area contributed by atoms with Gasteiger partial charge < -0.3 is 10.2 Å². The van der Waals surface area contributed by atoms with E-state index in [4.69, 9.17) is 0 Å². The summed E-state index contributed by atoms with van der Waals surface area (Å²) in [5, 5.41) is 3.05. The number of nitrogens with zero attached hydrogens (tertiary/aromatic N) is 1. The summed E-state index contributed by atoms with van der Waals surface area (Å²) in [5.41, 5.74) is 4.34. The van der Waals surface area contributed by atoms with E-state index in [1.54, 1.807) is 0 Å². The van der Waals surface area contributed by atoms with Gasteiger partial charge in [-0.15, -0.1) is 0 Å². The third-order valence-electron chi connectivity index (χ3n) is 7.84. The zero-order valence-corrected chi connectivity index (χ0v) is 18.0. The minimum absolute atomic E-state index is 0.00503. The summed E-state index contributed by atoms with van der Waals surface area (Å²) in [5.74, 6) is -1.63. The van der Waals surface area contributed by atoms with Crippen LogP contribution in [0, 0.1) is 32.6 Å². The van der Waals surface area contributed by atoms with Crippen LogP contribution in [0.1, 0.15) is 35.1 Å². The molecule has 4 heterocycles. The lowest BCUT2D eigenvalue weighted by Crippen LogP contribution is -3.19. The van der Waals surface area contributed by atoms with Gasteiger partial charge in [-0.3, -0.25) is 14.4 Å². The number of quaternary nitrogens is 1. The van der Waals surface area contributed by atoms with Crippen LogP contribution in [-0.4, -0.2) is 30.3 Å². The van der Waals surface area contributed by atoms with E-state index in [0.29, 0.717) is 5.69 Å². The molecule has 6 heteroatoms. The van der Waals surface area contributed by atoms with Crippen molar-refractivity contribution in [3.05, 3.63) is 58.7 Å². The average molecular weight is 417 g/mol. The number of nitrogens with one attached hydrogen (secondary N) is 2. The van der Waals surface area contributed by atoms with E-state index in [1.165, 1.54) is 4.90 Å². The molecule has 3 fully saturated rings. The van der Waals surface area contributed by atoms with Gasteiger partial charge in [-0.1, -0.05) is 17.7 Å². The fraction of sp³-hybridized carbons (Fsp3) is 0.400. The van der Waals surface area contributed by atoms with E-state index >= 15 is 0 Å². The number of rotatable bonds is 1. The quantitative estimate of drug-likeness (QED) is 0.695. The van der Waals surface area contributed by atoms with Crippen LogP contribution in [-0.2, 0) is 19.9 Å². The fourth-order valence-corrected chi connectivity index (χ4v) is 6.91. The van der Waals surface area contributed by atoms with Crippen LogP contribution in [0.5, 0.6) is 0 Å². The molecule has 6 nitrogen and oxygen atoms in total. The maximum Gasteiger partial charge on any atom is 0.291 e. The Morgan fingerprint density at radius 3 is 2.45 bits per heavy atom. The lowest BCUT2D eigenvalue weighted by molar-refractivity contribution is -0.948. The molecule has 158 valence electrons. The van der Waals surface area contributed by atoms with E-state index in [-0.39, 0.29) is 23.8 Å². The first-order valence-electron chi connectivity index (χ1n) is 11.1. The summed E-state index contributed by atoms with van der Waals surface area (Å²) >= 11 is 0. The first-order valence-corrected chi connectivity index (χ1v) is 11.1. The number of amides is 3. The molecule has 0 aromatic heterocycles. The van der Waals surface area contributed by atoms with Crippen molar-refractivity contribution in [1.82, 2.24) is 0 Å². The average Bonchev–Trinajstić information content (AvgIpc) is 3.39. The van der Waals surface area contributed by atoms with Crippen LogP contribution in [0.25, 0.3) is 0 Å². The molecule has 0 bridgehead atoms. The molecular formula is C25H26N3O3+. The third-order valence-corrected chi connectivity index (χ3v) is 7.84. The second-order valence-corrected chi connectivity index (χ2v) is 9.70. The highest BCUT2D eigenvalue weighted by Crippen LogP contribution is 2.52. The van der Waals surface area contributed by atoms with Crippen molar-refractivity contribution in [2.75, 3.05) is 16.8 Å². The van der Waals surface area contributed by atoms with Gasteiger partial charge in [0.1, 0.15) is 17.9 Å².